The summed E-state index contributed by atoms with van der Waals surface area (Å²) in [4.78, 5) is 22.8. The number of ether oxygens (including phenoxy) is 2. The van der Waals surface area contributed by atoms with E-state index < -0.39 is 5.60 Å². The second-order valence-corrected chi connectivity index (χ2v) is 5.15. The summed E-state index contributed by atoms with van der Waals surface area (Å²) in [6.07, 6.45) is 2.31. The lowest BCUT2D eigenvalue weighted by atomic mass is 9.75. The summed E-state index contributed by atoms with van der Waals surface area (Å²) >= 11 is 0. The summed E-state index contributed by atoms with van der Waals surface area (Å²) in [6.45, 7) is 7.32. The molecule has 1 aliphatic carbocycles. The summed E-state index contributed by atoms with van der Waals surface area (Å²) < 4.78 is 10.9. The first-order chi connectivity index (χ1) is 8.33. The van der Waals surface area contributed by atoms with Gasteiger partial charge in [0.2, 0.25) is 0 Å². The molecule has 1 aliphatic heterocycles. The van der Waals surface area contributed by atoms with Gasteiger partial charge >= 0.3 is 5.97 Å². The van der Waals surface area contributed by atoms with E-state index in [-0.39, 0.29) is 17.7 Å². The van der Waals surface area contributed by atoms with Crippen LogP contribution < -0.4 is 0 Å². The first-order valence-electron chi connectivity index (χ1n) is 6.08. The minimum atomic E-state index is -0.450. The fourth-order valence-electron chi connectivity index (χ4n) is 2.73. The Morgan fingerprint density at radius 1 is 1.50 bits per heavy atom. The van der Waals surface area contributed by atoms with Crippen molar-refractivity contribution in [2.75, 3.05) is 6.61 Å². The zero-order chi connectivity index (χ0) is 13.5. The average molecular weight is 250 g/mol. The molecular weight excluding hydrogens is 232 g/mol. The third-order valence-corrected chi connectivity index (χ3v) is 3.73. The van der Waals surface area contributed by atoms with Crippen LogP contribution in [0.5, 0.6) is 0 Å². The number of carbonyl (C=O) groups excluding carboxylic acids is 2. The number of hydrogen-bond donors (Lipinski definition) is 0. The quantitative estimate of drug-likeness (QED) is 0.528. The number of Topliss-reactive ketones (excluding diaryl/α,β-unsaturated/α-hetero) is 1. The SMILES string of the molecule is CC(=O)O/C(C)=C1\CO[C@@]2(C)C=C(C)C(=O)C[C@@H]12. The van der Waals surface area contributed by atoms with Crippen LogP contribution in [0.2, 0.25) is 0 Å². The van der Waals surface area contributed by atoms with Crippen molar-refractivity contribution >= 4 is 11.8 Å². The Bertz CT molecular complexity index is 472. The molecular formula is C14H18O4. The molecule has 2 atom stereocenters. The van der Waals surface area contributed by atoms with Crippen LogP contribution in [-0.2, 0) is 19.1 Å². The average Bonchev–Trinajstić information content (AvgIpc) is 2.55. The Morgan fingerprint density at radius 2 is 2.17 bits per heavy atom. The van der Waals surface area contributed by atoms with Crippen molar-refractivity contribution in [3.63, 3.8) is 0 Å². The second kappa shape index (κ2) is 4.35. The Balaban J connectivity index is 2.36. The number of fused-ring (bicyclic) bond motifs is 1. The van der Waals surface area contributed by atoms with Gasteiger partial charge in [-0.1, -0.05) is 0 Å². The zero-order valence-electron chi connectivity index (χ0n) is 11.2. The maximum Gasteiger partial charge on any atom is 0.307 e. The zero-order valence-corrected chi connectivity index (χ0v) is 11.2. The van der Waals surface area contributed by atoms with Gasteiger partial charge in [0, 0.05) is 24.8 Å². The van der Waals surface area contributed by atoms with E-state index >= 15 is 0 Å². The van der Waals surface area contributed by atoms with E-state index in [1.807, 2.05) is 19.9 Å². The van der Waals surface area contributed by atoms with Gasteiger partial charge in [0.15, 0.2) is 5.78 Å². The van der Waals surface area contributed by atoms with Crippen LogP contribution in [0.1, 0.15) is 34.1 Å². The molecule has 0 spiro atoms. The summed E-state index contributed by atoms with van der Waals surface area (Å²) in [7, 11) is 0. The van der Waals surface area contributed by atoms with E-state index in [0.29, 0.717) is 18.8 Å². The highest BCUT2D eigenvalue weighted by Crippen LogP contribution is 2.44. The standard InChI is InChI=1S/C14H18O4/c1-8-6-14(4)12(5-13(8)16)11(7-17-14)9(2)18-10(3)15/h6,12H,5,7H2,1-4H3/b11-9+/t12-,14-/m0/s1. The maximum absolute atomic E-state index is 11.8. The Morgan fingerprint density at radius 3 is 2.78 bits per heavy atom. The predicted molar refractivity (Wildman–Crippen MR) is 65.7 cm³/mol. The largest absolute Gasteiger partial charge is 0.432 e. The van der Waals surface area contributed by atoms with Crippen LogP contribution in [0, 0.1) is 5.92 Å². The van der Waals surface area contributed by atoms with Crippen molar-refractivity contribution in [2.24, 2.45) is 5.92 Å². The second-order valence-electron chi connectivity index (χ2n) is 5.15. The number of carbonyl (C=O) groups is 2. The Kier molecular flexibility index (Phi) is 3.15. The molecule has 2 rings (SSSR count). The van der Waals surface area contributed by atoms with E-state index in [0.717, 1.165) is 11.1 Å². The van der Waals surface area contributed by atoms with Gasteiger partial charge in [0.1, 0.15) is 5.76 Å². The van der Waals surface area contributed by atoms with Crippen molar-refractivity contribution in [3.8, 4) is 0 Å². The molecule has 4 heteroatoms. The number of allylic oxidation sites excluding steroid dienone is 2. The lowest BCUT2D eigenvalue weighted by Crippen LogP contribution is -2.36. The highest BCUT2D eigenvalue weighted by atomic mass is 16.5. The molecule has 98 valence electrons. The highest BCUT2D eigenvalue weighted by molar-refractivity contribution is 5.96. The molecule has 0 amide bonds. The molecule has 0 bridgehead atoms. The molecule has 4 nitrogen and oxygen atoms in total. The smallest absolute Gasteiger partial charge is 0.307 e. The van der Waals surface area contributed by atoms with E-state index in [1.165, 1.54) is 6.92 Å². The summed E-state index contributed by atoms with van der Waals surface area (Å²) in [5.41, 5.74) is 1.22. The van der Waals surface area contributed by atoms with Gasteiger partial charge in [-0.2, -0.15) is 0 Å². The summed E-state index contributed by atoms with van der Waals surface area (Å²) in [5, 5.41) is 0. The monoisotopic (exact) mass is 250 g/mol. The normalized spacial score (nSPS) is 33.9. The Hall–Kier alpha value is -1.42. The third-order valence-electron chi connectivity index (χ3n) is 3.73. The van der Waals surface area contributed by atoms with E-state index in [2.05, 4.69) is 0 Å². The Labute approximate surface area is 107 Å². The molecule has 0 saturated carbocycles. The van der Waals surface area contributed by atoms with Crippen LogP contribution >= 0.6 is 0 Å². The minimum Gasteiger partial charge on any atom is -0.432 e. The molecule has 0 radical (unpaired) electrons. The van der Waals surface area contributed by atoms with E-state index in [1.54, 1.807) is 6.92 Å². The summed E-state index contributed by atoms with van der Waals surface area (Å²) in [5.74, 6) is 0.337. The van der Waals surface area contributed by atoms with Gasteiger partial charge in [-0.25, -0.2) is 0 Å². The minimum absolute atomic E-state index is 0.0203. The van der Waals surface area contributed by atoms with Crippen LogP contribution in [-0.4, -0.2) is 24.0 Å². The van der Waals surface area contributed by atoms with Gasteiger partial charge in [0.25, 0.3) is 0 Å². The number of esters is 1. The van der Waals surface area contributed by atoms with Gasteiger partial charge in [-0.05, 0) is 32.4 Å². The highest BCUT2D eigenvalue weighted by Gasteiger charge is 2.46. The van der Waals surface area contributed by atoms with Crippen molar-refractivity contribution in [3.05, 3.63) is 23.0 Å². The first kappa shape index (κ1) is 13.0. The lowest BCUT2D eigenvalue weighted by molar-refractivity contribution is -0.136. The van der Waals surface area contributed by atoms with Gasteiger partial charge in [-0.15, -0.1) is 0 Å². The molecule has 1 heterocycles. The van der Waals surface area contributed by atoms with Gasteiger partial charge in [-0.3, -0.25) is 9.59 Å². The molecule has 18 heavy (non-hydrogen) atoms. The molecule has 0 aromatic rings. The van der Waals surface area contributed by atoms with Crippen molar-refractivity contribution in [2.45, 2.75) is 39.7 Å². The first-order valence-corrected chi connectivity index (χ1v) is 6.08. The van der Waals surface area contributed by atoms with Gasteiger partial charge < -0.3 is 9.47 Å². The van der Waals surface area contributed by atoms with Crippen molar-refractivity contribution < 1.29 is 19.1 Å². The topological polar surface area (TPSA) is 52.6 Å². The lowest BCUT2D eigenvalue weighted by Gasteiger charge is -2.31. The predicted octanol–water partition coefficient (Wildman–Crippen LogP) is 2.15. The van der Waals surface area contributed by atoms with Crippen LogP contribution in [0.15, 0.2) is 23.0 Å². The fourth-order valence-corrected chi connectivity index (χ4v) is 2.73. The van der Waals surface area contributed by atoms with Crippen LogP contribution in [0.3, 0.4) is 0 Å². The molecule has 0 N–H and O–H groups in total. The molecule has 0 unspecified atom stereocenters. The van der Waals surface area contributed by atoms with Crippen LogP contribution in [0.4, 0.5) is 0 Å². The fraction of sp³-hybridized carbons (Fsp3) is 0.571. The molecule has 1 fully saturated rings. The van der Waals surface area contributed by atoms with Crippen molar-refractivity contribution in [1.82, 2.24) is 0 Å². The molecule has 0 aromatic heterocycles. The van der Waals surface area contributed by atoms with E-state index in [9.17, 15) is 9.59 Å². The number of ketones is 1. The maximum atomic E-state index is 11.8. The molecule has 0 aromatic carbocycles. The number of rotatable bonds is 1. The third kappa shape index (κ3) is 2.12. The molecule has 1 saturated heterocycles. The van der Waals surface area contributed by atoms with E-state index in [4.69, 9.17) is 9.47 Å². The van der Waals surface area contributed by atoms with Crippen molar-refractivity contribution in [1.29, 1.82) is 0 Å². The van der Waals surface area contributed by atoms with Crippen LogP contribution in [0.25, 0.3) is 0 Å². The van der Waals surface area contributed by atoms with Gasteiger partial charge in [0.05, 0.1) is 12.2 Å². The summed E-state index contributed by atoms with van der Waals surface area (Å²) in [6, 6.07) is 0. The molecule has 2 aliphatic rings. The number of hydrogen-bond acceptors (Lipinski definition) is 4.